The Bertz CT molecular complexity index is 513. The van der Waals surface area contributed by atoms with E-state index in [4.69, 9.17) is 9.26 Å². The van der Waals surface area contributed by atoms with E-state index < -0.39 is 0 Å². The molecule has 0 fully saturated rings. The molecule has 2 rings (SSSR count). The standard InChI is InChI=1S/C13H18N4O2/c1-3-9-18-11-5-4-7-14-13(11)15-8-6-12-16-10(2)17-19-12/h4-5,7H,3,6,8-9H2,1-2H3,(H,14,15). The van der Waals surface area contributed by atoms with Crippen molar-refractivity contribution in [2.45, 2.75) is 26.7 Å². The van der Waals surface area contributed by atoms with Gasteiger partial charge in [-0.3, -0.25) is 0 Å². The number of pyridine rings is 1. The van der Waals surface area contributed by atoms with Crippen LogP contribution in [0, 0.1) is 6.92 Å². The monoisotopic (exact) mass is 262 g/mol. The van der Waals surface area contributed by atoms with Crippen LogP contribution in [-0.4, -0.2) is 28.3 Å². The molecule has 102 valence electrons. The van der Waals surface area contributed by atoms with E-state index in [-0.39, 0.29) is 0 Å². The molecule has 2 aromatic rings. The summed E-state index contributed by atoms with van der Waals surface area (Å²) in [4.78, 5) is 8.41. The fourth-order valence-electron chi connectivity index (χ4n) is 1.58. The maximum atomic E-state index is 5.62. The van der Waals surface area contributed by atoms with Crippen LogP contribution < -0.4 is 10.1 Å². The van der Waals surface area contributed by atoms with Gasteiger partial charge >= 0.3 is 0 Å². The Morgan fingerprint density at radius 1 is 1.42 bits per heavy atom. The molecule has 0 bridgehead atoms. The van der Waals surface area contributed by atoms with E-state index in [2.05, 4.69) is 27.4 Å². The van der Waals surface area contributed by atoms with Crippen molar-refractivity contribution in [1.29, 1.82) is 0 Å². The summed E-state index contributed by atoms with van der Waals surface area (Å²) in [6.07, 6.45) is 3.36. The number of nitrogens with zero attached hydrogens (tertiary/aromatic N) is 3. The third-order valence-electron chi connectivity index (χ3n) is 2.43. The molecule has 0 saturated carbocycles. The molecule has 0 atom stereocenters. The number of hydrogen-bond donors (Lipinski definition) is 1. The highest BCUT2D eigenvalue weighted by molar-refractivity contribution is 5.49. The van der Waals surface area contributed by atoms with Gasteiger partial charge in [0.25, 0.3) is 0 Å². The first-order valence-corrected chi connectivity index (χ1v) is 6.40. The van der Waals surface area contributed by atoms with Crippen molar-refractivity contribution in [2.24, 2.45) is 0 Å². The predicted molar refractivity (Wildman–Crippen MR) is 71.3 cm³/mol. The molecule has 2 heterocycles. The molecule has 0 spiro atoms. The van der Waals surface area contributed by atoms with E-state index >= 15 is 0 Å². The summed E-state index contributed by atoms with van der Waals surface area (Å²) in [6, 6.07) is 3.76. The Kier molecular flexibility index (Phi) is 4.72. The molecular formula is C13H18N4O2. The Morgan fingerprint density at radius 2 is 2.32 bits per heavy atom. The lowest BCUT2D eigenvalue weighted by Crippen LogP contribution is -2.08. The third kappa shape index (κ3) is 3.94. The van der Waals surface area contributed by atoms with Crippen LogP contribution in [0.3, 0.4) is 0 Å². The number of ether oxygens (including phenoxy) is 1. The van der Waals surface area contributed by atoms with Gasteiger partial charge in [0, 0.05) is 19.2 Å². The highest BCUT2D eigenvalue weighted by Crippen LogP contribution is 2.20. The third-order valence-corrected chi connectivity index (χ3v) is 2.43. The van der Waals surface area contributed by atoms with Gasteiger partial charge in [-0.2, -0.15) is 4.98 Å². The van der Waals surface area contributed by atoms with Gasteiger partial charge in [0.1, 0.15) is 0 Å². The molecule has 0 aliphatic heterocycles. The Balaban J connectivity index is 1.88. The first kappa shape index (κ1) is 13.3. The van der Waals surface area contributed by atoms with Crippen molar-refractivity contribution in [1.82, 2.24) is 15.1 Å². The smallest absolute Gasteiger partial charge is 0.228 e. The van der Waals surface area contributed by atoms with Crippen LogP contribution >= 0.6 is 0 Å². The molecule has 0 aliphatic rings. The summed E-state index contributed by atoms with van der Waals surface area (Å²) < 4.78 is 10.7. The predicted octanol–water partition coefficient (Wildman–Crippen LogP) is 2.22. The Morgan fingerprint density at radius 3 is 3.05 bits per heavy atom. The quantitative estimate of drug-likeness (QED) is 0.824. The van der Waals surface area contributed by atoms with Crippen molar-refractivity contribution < 1.29 is 9.26 Å². The van der Waals surface area contributed by atoms with Crippen LogP contribution in [0.5, 0.6) is 5.75 Å². The largest absolute Gasteiger partial charge is 0.490 e. The van der Waals surface area contributed by atoms with Gasteiger partial charge in [-0.25, -0.2) is 4.98 Å². The van der Waals surface area contributed by atoms with Gasteiger partial charge in [-0.1, -0.05) is 12.1 Å². The average Bonchev–Trinajstić information content (AvgIpc) is 2.83. The van der Waals surface area contributed by atoms with Crippen LogP contribution in [0.15, 0.2) is 22.9 Å². The van der Waals surface area contributed by atoms with E-state index in [0.717, 1.165) is 18.0 Å². The van der Waals surface area contributed by atoms with Gasteiger partial charge in [0.15, 0.2) is 17.4 Å². The Hall–Kier alpha value is -2.11. The molecule has 0 saturated heterocycles. The van der Waals surface area contributed by atoms with E-state index in [1.54, 1.807) is 13.1 Å². The average molecular weight is 262 g/mol. The first-order valence-electron chi connectivity index (χ1n) is 6.40. The Labute approximate surface area is 112 Å². The first-order chi connectivity index (χ1) is 9.29. The number of rotatable bonds is 7. The summed E-state index contributed by atoms with van der Waals surface area (Å²) in [5.41, 5.74) is 0. The minimum absolute atomic E-state index is 0.622. The molecular weight excluding hydrogens is 244 g/mol. The molecule has 6 nitrogen and oxygen atoms in total. The highest BCUT2D eigenvalue weighted by Gasteiger charge is 2.06. The molecule has 0 amide bonds. The molecule has 6 heteroatoms. The van der Waals surface area contributed by atoms with E-state index in [1.807, 2.05) is 12.1 Å². The SMILES string of the molecule is CCCOc1cccnc1NCCc1nc(C)no1. The second-order valence-electron chi connectivity index (χ2n) is 4.11. The summed E-state index contributed by atoms with van der Waals surface area (Å²) in [5.74, 6) is 2.79. The molecule has 2 aromatic heterocycles. The summed E-state index contributed by atoms with van der Waals surface area (Å²) in [6.45, 7) is 5.22. The lowest BCUT2D eigenvalue weighted by Gasteiger charge is -2.10. The minimum atomic E-state index is 0.622. The van der Waals surface area contributed by atoms with Gasteiger partial charge in [0.05, 0.1) is 6.61 Å². The zero-order valence-corrected chi connectivity index (χ0v) is 11.2. The maximum Gasteiger partial charge on any atom is 0.228 e. The molecule has 0 aliphatic carbocycles. The molecule has 1 N–H and O–H groups in total. The lowest BCUT2D eigenvalue weighted by atomic mass is 10.4. The molecule has 0 unspecified atom stereocenters. The fraction of sp³-hybridized carbons (Fsp3) is 0.462. The number of anilines is 1. The number of aromatic nitrogens is 3. The number of aryl methyl sites for hydroxylation is 1. The zero-order valence-electron chi connectivity index (χ0n) is 11.2. The van der Waals surface area contributed by atoms with E-state index in [1.165, 1.54) is 0 Å². The van der Waals surface area contributed by atoms with Gasteiger partial charge < -0.3 is 14.6 Å². The van der Waals surface area contributed by atoms with Crippen LogP contribution in [0.1, 0.15) is 25.1 Å². The summed E-state index contributed by atoms with van der Waals surface area (Å²) >= 11 is 0. The normalized spacial score (nSPS) is 10.4. The van der Waals surface area contributed by atoms with E-state index in [0.29, 0.717) is 31.3 Å². The zero-order chi connectivity index (χ0) is 13.5. The van der Waals surface area contributed by atoms with Crippen LogP contribution in [0.4, 0.5) is 5.82 Å². The maximum absolute atomic E-state index is 5.62. The van der Waals surface area contributed by atoms with Crippen molar-refractivity contribution in [3.8, 4) is 5.75 Å². The van der Waals surface area contributed by atoms with Gasteiger partial charge in [0.2, 0.25) is 5.89 Å². The van der Waals surface area contributed by atoms with E-state index in [9.17, 15) is 0 Å². The number of nitrogens with one attached hydrogen (secondary N) is 1. The highest BCUT2D eigenvalue weighted by atomic mass is 16.5. The van der Waals surface area contributed by atoms with Crippen molar-refractivity contribution in [3.63, 3.8) is 0 Å². The topological polar surface area (TPSA) is 73.1 Å². The molecule has 0 aromatic carbocycles. The van der Waals surface area contributed by atoms with Crippen LogP contribution in [0.25, 0.3) is 0 Å². The molecule has 0 radical (unpaired) electrons. The molecule has 19 heavy (non-hydrogen) atoms. The minimum Gasteiger partial charge on any atom is -0.490 e. The van der Waals surface area contributed by atoms with Crippen LogP contribution in [-0.2, 0) is 6.42 Å². The fourth-order valence-corrected chi connectivity index (χ4v) is 1.58. The number of hydrogen-bond acceptors (Lipinski definition) is 6. The van der Waals surface area contributed by atoms with Crippen LogP contribution in [0.2, 0.25) is 0 Å². The lowest BCUT2D eigenvalue weighted by molar-refractivity contribution is 0.317. The van der Waals surface area contributed by atoms with Gasteiger partial charge in [-0.15, -0.1) is 0 Å². The van der Waals surface area contributed by atoms with Crippen molar-refractivity contribution in [2.75, 3.05) is 18.5 Å². The second-order valence-corrected chi connectivity index (χ2v) is 4.11. The van der Waals surface area contributed by atoms with Gasteiger partial charge in [-0.05, 0) is 25.5 Å². The van der Waals surface area contributed by atoms with Crippen molar-refractivity contribution in [3.05, 3.63) is 30.0 Å². The second kappa shape index (κ2) is 6.72. The summed E-state index contributed by atoms with van der Waals surface area (Å²) in [7, 11) is 0. The summed E-state index contributed by atoms with van der Waals surface area (Å²) in [5, 5.41) is 6.96. The van der Waals surface area contributed by atoms with Crippen molar-refractivity contribution >= 4 is 5.82 Å².